The highest BCUT2D eigenvalue weighted by molar-refractivity contribution is 9.11. The van der Waals surface area contributed by atoms with E-state index in [1.165, 1.54) is 0 Å². The van der Waals surface area contributed by atoms with Crippen LogP contribution in [0.15, 0.2) is 22.2 Å². The molecular weight excluding hydrogens is 314 g/mol. The third-order valence-corrected chi connectivity index (χ3v) is 4.26. The SMILES string of the molecule is CC(C)Cn1ncnc1CC(O)c1ccc(Br)s1. The molecule has 0 saturated heterocycles. The zero-order valence-electron chi connectivity index (χ0n) is 10.4. The molecule has 2 heterocycles. The number of aliphatic hydroxyl groups is 1. The standard InChI is InChI=1S/C12H16BrN3OS/c1-8(2)6-16-12(14-7-15-16)5-9(17)10-3-4-11(13)18-10/h3-4,7-9,17H,5-6H2,1-2H3. The van der Waals surface area contributed by atoms with Crippen molar-refractivity contribution in [1.29, 1.82) is 0 Å². The van der Waals surface area contributed by atoms with E-state index in [0.29, 0.717) is 12.3 Å². The Morgan fingerprint density at radius 1 is 1.44 bits per heavy atom. The first-order valence-corrected chi connectivity index (χ1v) is 7.47. The normalized spacial score (nSPS) is 13.2. The van der Waals surface area contributed by atoms with Gasteiger partial charge in [0.25, 0.3) is 0 Å². The molecule has 0 radical (unpaired) electrons. The Hall–Kier alpha value is -0.720. The number of thiophene rings is 1. The van der Waals surface area contributed by atoms with Crippen LogP contribution >= 0.6 is 27.3 Å². The van der Waals surface area contributed by atoms with Gasteiger partial charge in [0.1, 0.15) is 12.2 Å². The summed E-state index contributed by atoms with van der Waals surface area (Å²) in [5.74, 6) is 1.35. The minimum absolute atomic E-state index is 0.500. The van der Waals surface area contributed by atoms with Gasteiger partial charge in [-0.25, -0.2) is 9.67 Å². The average Bonchev–Trinajstić information content (AvgIpc) is 2.88. The maximum atomic E-state index is 10.2. The lowest BCUT2D eigenvalue weighted by Crippen LogP contribution is -2.13. The summed E-state index contributed by atoms with van der Waals surface area (Å²) < 4.78 is 2.90. The van der Waals surface area contributed by atoms with Crippen LogP contribution in [0.25, 0.3) is 0 Å². The van der Waals surface area contributed by atoms with Crippen molar-refractivity contribution >= 4 is 27.3 Å². The van der Waals surface area contributed by atoms with Crippen LogP contribution in [0.5, 0.6) is 0 Å². The molecule has 18 heavy (non-hydrogen) atoms. The minimum Gasteiger partial charge on any atom is -0.387 e. The Kier molecular flexibility index (Phi) is 4.53. The second kappa shape index (κ2) is 5.95. The first-order chi connectivity index (χ1) is 8.56. The summed E-state index contributed by atoms with van der Waals surface area (Å²) >= 11 is 4.95. The maximum absolute atomic E-state index is 10.2. The van der Waals surface area contributed by atoms with E-state index in [1.54, 1.807) is 17.7 Å². The lowest BCUT2D eigenvalue weighted by molar-refractivity contribution is 0.177. The molecule has 1 unspecified atom stereocenters. The molecule has 98 valence electrons. The first-order valence-electron chi connectivity index (χ1n) is 5.86. The average molecular weight is 330 g/mol. The molecule has 0 aliphatic carbocycles. The smallest absolute Gasteiger partial charge is 0.138 e. The van der Waals surface area contributed by atoms with Gasteiger partial charge >= 0.3 is 0 Å². The number of hydrogen-bond donors (Lipinski definition) is 1. The monoisotopic (exact) mass is 329 g/mol. The molecule has 0 aromatic carbocycles. The van der Waals surface area contributed by atoms with Crippen LogP contribution in [0.3, 0.4) is 0 Å². The molecule has 2 rings (SSSR count). The summed E-state index contributed by atoms with van der Waals surface area (Å²) in [5, 5.41) is 14.4. The van der Waals surface area contributed by atoms with Crippen LogP contribution in [0.4, 0.5) is 0 Å². The fourth-order valence-corrected chi connectivity index (χ4v) is 3.14. The van der Waals surface area contributed by atoms with Gasteiger partial charge in [0.15, 0.2) is 0 Å². The molecular formula is C12H16BrN3OS. The van der Waals surface area contributed by atoms with Gasteiger partial charge in [-0.3, -0.25) is 0 Å². The number of hydrogen-bond acceptors (Lipinski definition) is 4. The summed E-state index contributed by atoms with van der Waals surface area (Å²) in [4.78, 5) is 5.17. The van der Waals surface area contributed by atoms with Crippen LogP contribution in [-0.4, -0.2) is 19.9 Å². The number of aliphatic hydroxyl groups excluding tert-OH is 1. The van der Waals surface area contributed by atoms with E-state index in [0.717, 1.165) is 21.0 Å². The molecule has 0 amide bonds. The minimum atomic E-state index is -0.517. The van der Waals surface area contributed by atoms with Crippen molar-refractivity contribution in [3.05, 3.63) is 32.9 Å². The van der Waals surface area contributed by atoms with Crippen LogP contribution in [0.1, 0.15) is 30.7 Å². The van der Waals surface area contributed by atoms with Crippen molar-refractivity contribution in [2.45, 2.75) is 32.9 Å². The predicted octanol–water partition coefficient (Wildman–Crippen LogP) is 3.03. The van der Waals surface area contributed by atoms with Crippen molar-refractivity contribution in [2.75, 3.05) is 0 Å². The molecule has 6 heteroatoms. The van der Waals surface area contributed by atoms with Gasteiger partial charge in [-0.15, -0.1) is 11.3 Å². The van der Waals surface area contributed by atoms with E-state index < -0.39 is 6.10 Å². The topological polar surface area (TPSA) is 50.9 Å². The number of halogens is 1. The second-order valence-corrected chi connectivity index (χ2v) is 7.11. The van der Waals surface area contributed by atoms with Gasteiger partial charge in [0, 0.05) is 17.8 Å². The van der Waals surface area contributed by atoms with Gasteiger partial charge in [-0.1, -0.05) is 13.8 Å². The number of aromatic nitrogens is 3. The zero-order valence-corrected chi connectivity index (χ0v) is 12.8. The highest BCUT2D eigenvalue weighted by atomic mass is 79.9. The third-order valence-electron chi connectivity index (χ3n) is 2.53. The van der Waals surface area contributed by atoms with Gasteiger partial charge in [0.2, 0.25) is 0 Å². The van der Waals surface area contributed by atoms with E-state index in [2.05, 4.69) is 39.9 Å². The molecule has 0 aliphatic heterocycles. The van der Waals surface area contributed by atoms with E-state index in [9.17, 15) is 5.11 Å². The van der Waals surface area contributed by atoms with E-state index in [1.807, 2.05) is 16.8 Å². The Labute approximate surface area is 119 Å². The molecule has 1 atom stereocenters. The summed E-state index contributed by atoms with van der Waals surface area (Å²) in [7, 11) is 0. The Morgan fingerprint density at radius 2 is 2.22 bits per heavy atom. The van der Waals surface area contributed by atoms with Crippen LogP contribution in [0, 0.1) is 5.92 Å². The zero-order chi connectivity index (χ0) is 13.1. The fourth-order valence-electron chi connectivity index (χ4n) is 1.73. The number of nitrogens with zero attached hydrogens (tertiary/aromatic N) is 3. The van der Waals surface area contributed by atoms with Gasteiger partial charge in [-0.05, 0) is 34.0 Å². The second-order valence-electron chi connectivity index (χ2n) is 4.61. The van der Waals surface area contributed by atoms with Crippen molar-refractivity contribution < 1.29 is 5.11 Å². The third kappa shape index (κ3) is 3.40. The fraction of sp³-hybridized carbons (Fsp3) is 0.500. The summed E-state index contributed by atoms with van der Waals surface area (Å²) in [5.41, 5.74) is 0. The molecule has 2 aromatic heterocycles. The number of rotatable bonds is 5. The Bertz CT molecular complexity index is 509. The summed E-state index contributed by atoms with van der Waals surface area (Å²) in [6.07, 6.45) is 1.53. The van der Waals surface area contributed by atoms with Gasteiger partial charge < -0.3 is 5.11 Å². The van der Waals surface area contributed by atoms with E-state index >= 15 is 0 Å². The summed E-state index contributed by atoms with van der Waals surface area (Å²) in [6, 6.07) is 3.88. The van der Waals surface area contributed by atoms with Crippen LogP contribution in [-0.2, 0) is 13.0 Å². The lowest BCUT2D eigenvalue weighted by Gasteiger charge is -2.11. The van der Waals surface area contributed by atoms with Crippen molar-refractivity contribution in [2.24, 2.45) is 5.92 Å². The van der Waals surface area contributed by atoms with Crippen molar-refractivity contribution in [3.8, 4) is 0 Å². The molecule has 0 aliphatic rings. The molecule has 2 aromatic rings. The molecule has 0 saturated carbocycles. The molecule has 1 N–H and O–H groups in total. The first kappa shape index (κ1) is 13.7. The lowest BCUT2D eigenvalue weighted by atomic mass is 10.2. The molecule has 4 nitrogen and oxygen atoms in total. The highest BCUT2D eigenvalue weighted by Crippen LogP contribution is 2.28. The van der Waals surface area contributed by atoms with Gasteiger partial charge in [-0.2, -0.15) is 5.10 Å². The predicted molar refractivity (Wildman–Crippen MR) is 75.5 cm³/mol. The molecule has 0 spiro atoms. The maximum Gasteiger partial charge on any atom is 0.138 e. The molecule has 0 bridgehead atoms. The molecule has 0 fully saturated rings. The summed E-state index contributed by atoms with van der Waals surface area (Å²) in [6.45, 7) is 5.10. The highest BCUT2D eigenvalue weighted by Gasteiger charge is 2.15. The van der Waals surface area contributed by atoms with Gasteiger partial charge in [0.05, 0.1) is 9.89 Å². The van der Waals surface area contributed by atoms with Crippen molar-refractivity contribution in [1.82, 2.24) is 14.8 Å². The van der Waals surface area contributed by atoms with E-state index in [-0.39, 0.29) is 0 Å². The van der Waals surface area contributed by atoms with E-state index in [4.69, 9.17) is 0 Å². The van der Waals surface area contributed by atoms with Crippen LogP contribution < -0.4 is 0 Å². The Morgan fingerprint density at radius 3 is 2.83 bits per heavy atom. The Balaban J connectivity index is 2.07. The van der Waals surface area contributed by atoms with Crippen molar-refractivity contribution in [3.63, 3.8) is 0 Å². The van der Waals surface area contributed by atoms with Crippen LogP contribution in [0.2, 0.25) is 0 Å². The quantitative estimate of drug-likeness (QED) is 0.917. The largest absolute Gasteiger partial charge is 0.387 e.